The normalized spacial score (nSPS) is 12.4. The molecule has 0 spiro atoms. The van der Waals surface area contributed by atoms with Gasteiger partial charge in [-0.15, -0.1) is 0 Å². The van der Waals surface area contributed by atoms with Gasteiger partial charge >= 0.3 is 0 Å². The second-order valence-electron chi connectivity index (χ2n) is 4.55. The van der Waals surface area contributed by atoms with Gasteiger partial charge in [0.2, 0.25) is 5.88 Å². The van der Waals surface area contributed by atoms with Crippen molar-refractivity contribution < 1.29 is 4.74 Å². The number of anilines is 1. The van der Waals surface area contributed by atoms with E-state index in [-0.39, 0.29) is 0 Å². The average Bonchev–Trinajstić information content (AvgIpc) is 2.34. The summed E-state index contributed by atoms with van der Waals surface area (Å²) in [4.78, 5) is 4.31. The molecule has 17 heavy (non-hydrogen) atoms. The lowest BCUT2D eigenvalue weighted by Gasteiger charge is -2.15. The molecule has 1 aromatic rings. The van der Waals surface area contributed by atoms with Crippen LogP contribution in [-0.2, 0) is 0 Å². The first-order chi connectivity index (χ1) is 8.17. The summed E-state index contributed by atoms with van der Waals surface area (Å²) in [6, 6.07) is 3.69. The quantitative estimate of drug-likeness (QED) is 0.787. The minimum Gasteiger partial charge on any atom is -0.477 e. The van der Waals surface area contributed by atoms with Gasteiger partial charge in [-0.25, -0.2) is 4.98 Å². The van der Waals surface area contributed by atoms with Crippen molar-refractivity contribution in [3.8, 4) is 5.88 Å². The molecule has 2 N–H and O–H groups in total. The van der Waals surface area contributed by atoms with Gasteiger partial charge in [-0.2, -0.15) is 0 Å². The SMILES string of the molecule is CCCCC(CC)COc1ccc(N)c(C)n1. The van der Waals surface area contributed by atoms with E-state index in [2.05, 4.69) is 18.8 Å². The zero-order valence-corrected chi connectivity index (χ0v) is 11.2. The zero-order valence-electron chi connectivity index (χ0n) is 11.2. The number of aryl methyl sites for hydroxylation is 1. The predicted molar refractivity (Wildman–Crippen MR) is 72.2 cm³/mol. The number of aromatic nitrogens is 1. The van der Waals surface area contributed by atoms with Gasteiger partial charge in [-0.3, -0.25) is 0 Å². The van der Waals surface area contributed by atoms with Crippen LogP contribution in [-0.4, -0.2) is 11.6 Å². The summed E-state index contributed by atoms with van der Waals surface area (Å²) >= 11 is 0. The molecule has 1 aromatic heterocycles. The Morgan fingerprint density at radius 2 is 2.12 bits per heavy atom. The summed E-state index contributed by atoms with van der Waals surface area (Å²) in [6.07, 6.45) is 4.92. The van der Waals surface area contributed by atoms with Gasteiger partial charge in [0.15, 0.2) is 0 Å². The molecule has 1 rings (SSSR count). The van der Waals surface area contributed by atoms with Crippen molar-refractivity contribution in [1.82, 2.24) is 4.98 Å². The molecule has 96 valence electrons. The maximum Gasteiger partial charge on any atom is 0.213 e. The summed E-state index contributed by atoms with van der Waals surface area (Å²) < 4.78 is 5.73. The van der Waals surface area contributed by atoms with E-state index < -0.39 is 0 Å². The van der Waals surface area contributed by atoms with Gasteiger partial charge in [-0.1, -0.05) is 33.1 Å². The molecular formula is C14H24N2O. The highest BCUT2D eigenvalue weighted by atomic mass is 16.5. The van der Waals surface area contributed by atoms with Crippen molar-refractivity contribution >= 4 is 5.69 Å². The molecule has 0 aliphatic heterocycles. The van der Waals surface area contributed by atoms with Crippen LogP contribution >= 0.6 is 0 Å². The number of pyridine rings is 1. The van der Waals surface area contributed by atoms with Crippen LogP contribution in [0.25, 0.3) is 0 Å². The molecule has 0 saturated carbocycles. The van der Waals surface area contributed by atoms with Crippen LogP contribution in [0.2, 0.25) is 0 Å². The average molecular weight is 236 g/mol. The molecule has 0 aromatic carbocycles. The van der Waals surface area contributed by atoms with Crippen LogP contribution in [0.5, 0.6) is 5.88 Å². The summed E-state index contributed by atoms with van der Waals surface area (Å²) in [5.41, 5.74) is 7.27. The zero-order chi connectivity index (χ0) is 12.7. The summed E-state index contributed by atoms with van der Waals surface area (Å²) in [5.74, 6) is 1.32. The molecule has 0 bridgehead atoms. The lowest BCUT2D eigenvalue weighted by molar-refractivity contribution is 0.225. The maximum atomic E-state index is 5.73. The number of nitrogens with zero attached hydrogens (tertiary/aromatic N) is 1. The van der Waals surface area contributed by atoms with Crippen LogP contribution in [0.3, 0.4) is 0 Å². The molecule has 1 heterocycles. The number of hydrogen-bond donors (Lipinski definition) is 1. The monoisotopic (exact) mass is 236 g/mol. The second kappa shape index (κ2) is 7.15. The highest BCUT2D eigenvalue weighted by Crippen LogP contribution is 2.17. The first-order valence-corrected chi connectivity index (χ1v) is 6.53. The lowest BCUT2D eigenvalue weighted by atomic mass is 10.0. The molecule has 0 amide bonds. The number of nitrogens with two attached hydrogens (primary N) is 1. The van der Waals surface area contributed by atoms with E-state index in [1.165, 1.54) is 19.3 Å². The van der Waals surface area contributed by atoms with Crippen LogP contribution in [0.4, 0.5) is 5.69 Å². The van der Waals surface area contributed by atoms with Crippen molar-refractivity contribution in [1.29, 1.82) is 0 Å². The number of rotatable bonds is 7. The molecule has 3 nitrogen and oxygen atoms in total. The largest absolute Gasteiger partial charge is 0.477 e. The van der Waals surface area contributed by atoms with E-state index in [9.17, 15) is 0 Å². The third kappa shape index (κ3) is 4.63. The molecule has 0 fully saturated rings. The Hall–Kier alpha value is -1.25. The maximum absolute atomic E-state index is 5.73. The smallest absolute Gasteiger partial charge is 0.213 e. The highest BCUT2D eigenvalue weighted by Gasteiger charge is 2.07. The van der Waals surface area contributed by atoms with Gasteiger partial charge in [0.25, 0.3) is 0 Å². The Morgan fingerprint density at radius 1 is 1.35 bits per heavy atom. The van der Waals surface area contributed by atoms with Gasteiger partial charge in [0.1, 0.15) is 0 Å². The van der Waals surface area contributed by atoms with Gasteiger partial charge < -0.3 is 10.5 Å². The molecule has 1 unspecified atom stereocenters. The van der Waals surface area contributed by atoms with Gasteiger partial charge in [0.05, 0.1) is 18.0 Å². The second-order valence-corrected chi connectivity index (χ2v) is 4.55. The Bertz CT molecular complexity index is 339. The van der Waals surface area contributed by atoms with E-state index in [1.54, 1.807) is 0 Å². The molecule has 0 radical (unpaired) electrons. The molecule has 1 atom stereocenters. The number of ether oxygens (including phenoxy) is 1. The number of nitrogen functional groups attached to an aromatic ring is 1. The van der Waals surface area contributed by atoms with Crippen molar-refractivity contribution in [2.75, 3.05) is 12.3 Å². The lowest BCUT2D eigenvalue weighted by Crippen LogP contribution is -2.12. The minimum absolute atomic E-state index is 0.634. The minimum atomic E-state index is 0.634. The van der Waals surface area contributed by atoms with E-state index in [0.717, 1.165) is 24.4 Å². The Morgan fingerprint density at radius 3 is 2.71 bits per heavy atom. The number of unbranched alkanes of at least 4 members (excludes halogenated alkanes) is 1. The van der Waals surface area contributed by atoms with E-state index in [4.69, 9.17) is 10.5 Å². The van der Waals surface area contributed by atoms with Crippen molar-refractivity contribution in [2.45, 2.75) is 46.5 Å². The van der Waals surface area contributed by atoms with E-state index in [1.807, 2.05) is 19.1 Å². The van der Waals surface area contributed by atoms with Crippen molar-refractivity contribution in [3.63, 3.8) is 0 Å². The third-order valence-electron chi connectivity index (χ3n) is 3.11. The van der Waals surface area contributed by atoms with Crippen molar-refractivity contribution in [2.24, 2.45) is 5.92 Å². The number of hydrogen-bond acceptors (Lipinski definition) is 3. The highest BCUT2D eigenvalue weighted by molar-refractivity contribution is 5.43. The fourth-order valence-corrected chi connectivity index (χ4v) is 1.73. The Balaban J connectivity index is 2.45. The standard InChI is InChI=1S/C14H24N2O/c1-4-6-7-12(5-2)10-17-14-9-8-13(15)11(3)16-14/h8-9,12H,4-7,10,15H2,1-3H3. The summed E-state index contributed by atoms with van der Waals surface area (Å²) in [5, 5.41) is 0. The summed E-state index contributed by atoms with van der Waals surface area (Å²) in [7, 11) is 0. The Labute approximate surface area is 104 Å². The molecule has 0 aliphatic rings. The Kier molecular flexibility index (Phi) is 5.81. The topological polar surface area (TPSA) is 48.1 Å². The first-order valence-electron chi connectivity index (χ1n) is 6.53. The first kappa shape index (κ1) is 13.8. The van der Waals surface area contributed by atoms with Gasteiger partial charge in [0, 0.05) is 6.07 Å². The molecule has 0 saturated heterocycles. The predicted octanol–water partition coefficient (Wildman–Crippen LogP) is 3.57. The molecule has 0 aliphatic carbocycles. The third-order valence-corrected chi connectivity index (χ3v) is 3.11. The molecular weight excluding hydrogens is 212 g/mol. The van der Waals surface area contributed by atoms with Gasteiger partial charge in [-0.05, 0) is 25.3 Å². The fraction of sp³-hybridized carbons (Fsp3) is 0.643. The van der Waals surface area contributed by atoms with Crippen LogP contribution in [0.15, 0.2) is 12.1 Å². The van der Waals surface area contributed by atoms with Crippen LogP contribution in [0.1, 0.15) is 45.2 Å². The van der Waals surface area contributed by atoms with Crippen LogP contribution < -0.4 is 10.5 Å². The van der Waals surface area contributed by atoms with Crippen LogP contribution in [0, 0.1) is 12.8 Å². The van der Waals surface area contributed by atoms with Crippen molar-refractivity contribution in [3.05, 3.63) is 17.8 Å². The molecule has 3 heteroatoms. The van der Waals surface area contributed by atoms with E-state index >= 15 is 0 Å². The summed E-state index contributed by atoms with van der Waals surface area (Å²) in [6.45, 7) is 7.09. The fourth-order valence-electron chi connectivity index (χ4n) is 1.73. The van der Waals surface area contributed by atoms with E-state index in [0.29, 0.717) is 11.8 Å².